The minimum absolute atomic E-state index is 0.126. The number of nitrogens with two attached hydrogens (primary N) is 1. The summed E-state index contributed by atoms with van der Waals surface area (Å²) in [5, 5.41) is 0. The minimum Gasteiger partial charge on any atom is -0.496 e. The number of nitrogens with one attached hydrogen (secondary N) is 1. The molecule has 1 aromatic rings. The van der Waals surface area contributed by atoms with Crippen LogP contribution in [-0.4, -0.2) is 13.2 Å². The average Bonchev–Trinajstić information content (AvgIpc) is 2.24. The van der Waals surface area contributed by atoms with E-state index < -0.39 is 0 Å². The first kappa shape index (κ1) is 14.5. The molecule has 3 N–H and O–H groups in total. The predicted octanol–water partition coefficient (Wildman–Crippen LogP) is 2.88. The molecule has 1 unspecified atom stereocenters. The van der Waals surface area contributed by atoms with E-state index in [1.807, 2.05) is 6.07 Å². The maximum Gasteiger partial charge on any atom is 0.133 e. The highest BCUT2D eigenvalue weighted by atomic mass is 79.9. The van der Waals surface area contributed by atoms with E-state index in [9.17, 15) is 0 Å². The van der Waals surface area contributed by atoms with Crippen LogP contribution in [0.2, 0.25) is 0 Å². The molecule has 0 bridgehead atoms. The summed E-state index contributed by atoms with van der Waals surface area (Å²) in [5.74, 6) is 6.46. The summed E-state index contributed by atoms with van der Waals surface area (Å²) >= 11 is 3.49. The Morgan fingerprint density at radius 2 is 2.06 bits per heavy atom. The van der Waals surface area contributed by atoms with Crippen LogP contribution in [0.1, 0.15) is 26.3 Å². The van der Waals surface area contributed by atoms with Gasteiger partial charge in [0.25, 0.3) is 0 Å². The molecule has 4 heteroatoms. The first-order valence-electron chi connectivity index (χ1n) is 5.67. The molecule has 3 nitrogen and oxygen atoms in total. The molecular weight excluding hydrogens is 280 g/mol. The lowest BCUT2D eigenvalue weighted by Gasteiger charge is -2.30. The molecule has 1 atom stereocenters. The Hall–Kier alpha value is -0.580. The molecule has 1 aromatic carbocycles. The summed E-state index contributed by atoms with van der Waals surface area (Å²) in [7, 11) is 1.67. The van der Waals surface area contributed by atoms with Crippen molar-refractivity contribution in [3.05, 3.63) is 28.2 Å². The smallest absolute Gasteiger partial charge is 0.133 e. The summed E-state index contributed by atoms with van der Waals surface area (Å²) in [5.41, 5.74) is 4.25. The number of hydrogen-bond acceptors (Lipinski definition) is 3. The van der Waals surface area contributed by atoms with Crippen LogP contribution < -0.4 is 16.0 Å². The zero-order valence-corrected chi connectivity index (χ0v) is 12.5. The van der Waals surface area contributed by atoms with Crippen molar-refractivity contribution < 1.29 is 4.74 Å². The molecule has 0 fully saturated rings. The lowest BCUT2D eigenvalue weighted by atomic mass is 9.83. The number of hydrogen-bond donors (Lipinski definition) is 2. The van der Waals surface area contributed by atoms with E-state index in [0.717, 1.165) is 16.6 Å². The standard InChI is InChI=1S/C13H21BrN2O/c1-13(2,3)12(16-15)8-9-5-6-11(17-4)10(14)7-9/h5-7,12,16H,8,15H2,1-4H3. The van der Waals surface area contributed by atoms with Gasteiger partial charge in [-0.05, 0) is 45.5 Å². The highest BCUT2D eigenvalue weighted by Gasteiger charge is 2.23. The van der Waals surface area contributed by atoms with Crippen LogP contribution in [0.3, 0.4) is 0 Å². The van der Waals surface area contributed by atoms with E-state index in [0.29, 0.717) is 0 Å². The number of rotatable bonds is 4. The van der Waals surface area contributed by atoms with Crippen molar-refractivity contribution in [3.8, 4) is 5.75 Å². The first-order valence-corrected chi connectivity index (χ1v) is 6.46. The molecule has 96 valence electrons. The number of ether oxygens (including phenoxy) is 1. The van der Waals surface area contributed by atoms with Crippen LogP contribution in [0.15, 0.2) is 22.7 Å². The molecule has 0 aliphatic carbocycles. The molecule has 0 saturated heterocycles. The zero-order valence-electron chi connectivity index (χ0n) is 10.9. The maximum atomic E-state index is 5.61. The second-order valence-corrected chi connectivity index (χ2v) is 6.11. The van der Waals surface area contributed by atoms with Crippen LogP contribution in [0.5, 0.6) is 5.75 Å². The molecule has 0 aromatic heterocycles. The van der Waals surface area contributed by atoms with E-state index in [-0.39, 0.29) is 11.5 Å². The molecular formula is C13H21BrN2O. The second kappa shape index (κ2) is 5.85. The van der Waals surface area contributed by atoms with Crippen LogP contribution in [-0.2, 0) is 6.42 Å². The fourth-order valence-electron chi connectivity index (χ4n) is 1.69. The Morgan fingerprint density at radius 3 is 2.47 bits per heavy atom. The van der Waals surface area contributed by atoms with Gasteiger partial charge in [-0.25, -0.2) is 0 Å². The summed E-state index contributed by atoms with van der Waals surface area (Å²) in [4.78, 5) is 0. The van der Waals surface area contributed by atoms with Crippen molar-refractivity contribution in [2.45, 2.75) is 33.2 Å². The Kier molecular flexibility index (Phi) is 4.98. The highest BCUT2D eigenvalue weighted by molar-refractivity contribution is 9.10. The van der Waals surface area contributed by atoms with Gasteiger partial charge in [0.1, 0.15) is 5.75 Å². The summed E-state index contributed by atoms with van der Waals surface area (Å²) in [6, 6.07) is 6.35. The number of methoxy groups -OCH3 is 1. The van der Waals surface area contributed by atoms with Crippen LogP contribution in [0.25, 0.3) is 0 Å². The summed E-state index contributed by atoms with van der Waals surface area (Å²) in [6.07, 6.45) is 0.891. The second-order valence-electron chi connectivity index (χ2n) is 5.26. The van der Waals surface area contributed by atoms with Gasteiger partial charge < -0.3 is 4.74 Å². The van der Waals surface area contributed by atoms with E-state index in [1.165, 1.54) is 5.56 Å². The number of hydrazine groups is 1. The molecule has 0 spiro atoms. The van der Waals surface area contributed by atoms with Crippen LogP contribution in [0.4, 0.5) is 0 Å². The first-order chi connectivity index (χ1) is 7.88. The lowest BCUT2D eigenvalue weighted by molar-refractivity contribution is 0.269. The third-order valence-electron chi connectivity index (χ3n) is 2.90. The zero-order chi connectivity index (χ0) is 13.1. The fraction of sp³-hybridized carbons (Fsp3) is 0.538. The Balaban J connectivity index is 2.84. The molecule has 0 saturated carbocycles. The third-order valence-corrected chi connectivity index (χ3v) is 3.52. The normalized spacial score (nSPS) is 13.5. The van der Waals surface area contributed by atoms with Gasteiger partial charge >= 0.3 is 0 Å². The van der Waals surface area contributed by atoms with Crippen molar-refractivity contribution in [2.24, 2.45) is 11.3 Å². The quantitative estimate of drug-likeness (QED) is 0.664. The van der Waals surface area contributed by atoms with Crippen molar-refractivity contribution in [2.75, 3.05) is 7.11 Å². The van der Waals surface area contributed by atoms with E-state index in [4.69, 9.17) is 10.6 Å². The minimum atomic E-state index is 0.126. The van der Waals surface area contributed by atoms with Crippen LogP contribution in [0, 0.1) is 5.41 Å². The fourth-order valence-corrected chi connectivity index (χ4v) is 2.28. The van der Waals surface area contributed by atoms with Crippen molar-refractivity contribution >= 4 is 15.9 Å². The van der Waals surface area contributed by atoms with Gasteiger partial charge in [-0.1, -0.05) is 26.8 Å². The van der Waals surface area contributed by atoms with E-state index >= 15 is 0 Å². The molecule has 0 radical (unpaired) electrons. The molecule has 0 amide bonds. The Bertz CT molecular complexity index is 374. The van der Waals surface area contributed by atoms with E-state index in [1.54, 1.807) is 7.11 Å². The SMILES string of the molecule is COc1ccc(CC(NN)C(C)(C)C)cc1Br. The topological polar surface area (TPSA) is 47.3 Å². The summed E-state index contributed by atoms with van der Waals surface area (Å²) in [6.45, 7) is 6.53. The molecule has 0 aliphatic rings. The van der Waals surface area contributed by atoms with Gasteiger partial charge in [0.15, 0.2) is 0 Å². The van der Waals surface area contributed by atoms with Gasteiger partial charge in [0.2, 0.25) is 0 Å². The van der Waals surface area contributed by atoms with Crippen LogP contribution >= 0.6 is 15.9 Å². The molecule has 17 heavy (non-hydrogen) atoms. The lowest BCUT2D eigenvalue weighted by Crippen LogP contribution is -2.45. The van der Waals surface area contributed by atoms with Gasteiger partial charge in [-0.2, -0.15) is 0 Å². The predicted molar refractivity (Wildman–Crippen MR) is 75.0 cm³/mol. The average molecular weight is 301 g/mol. The van der Waals surface area contributed by atoms with Crippen molar-refractivity contribution in [3.63, 3.8) is 0 Å². The largest absolute Gasteiger partial charge is 0.496 e. The van der Waals surface area contributed by atoms with Gasteiger partial charge in [0.05, 0.1) is 11.6 Å². The Morgan fingerprint density at radius 1 is 1.41 bits per heavy atom. The van der Waals surface area contributed by atoms with Gasteiger partial charge in [0, 0.05) is 6.04 Å². The highest BCUT2D eigenvalue weighted by Crippen LogP contribution is 2.28. The number of benzene rings is 1. The van der Waals surface area contributed by atoms with Crippen molar-refractivity contribution in [1.29, 1.82) is 0 Å². The van der Waals surface area contributed by atoms with E-state index in [2.05, 4.69) is 54.3 Å². The third kappa shape index (κ3) is 3.98. The maximum absolute atomic E-state index is 5.61. The molecule has 1 rings (SSSR count). The monoisotopic (exact) mass is 300 g/mol. The van der Waals surface area contributed by atoms with Gasteiger partial charge in [-0.3, -0.25) is 11.3 Å². The Labute approximate surface area is 112 Å². The van der Waals surface area contributed by atoms with Gasteiger partial charge in [-0.15, -0.1) is 0 Å². The molecule has 0 heterocycles. The molecule has 0 aliphatic heterocycles. The van der Waals surface area contributed by atoms with Crippen molar-refractivity contribution in [1.82, 2.24) is 5.43 Å². The number of halogens is 1. The summed E-state index contributed by atoms with van der Waals surface area (Å²) < 4.78 is 6.19.